The number of nitrogens with zero attached hydrogens (tertiary/aromatic N) is 2. The van der Waals surface area contributed by atoms with E-state index in [-0.39, 0.29) is 17.2 Å². The van der Waals surface area contributed by atoms with Crippen LogP contribution in [0.1, 0.15) is 31.7 Å². The van der Waals surface area contributed by atoms with E-state index in [0.29, 0.717) is 32.5 Å². The number of rotatable bonds is 4. The second-order valence-corrected chi connectivity index (χ2v) is 7.61. The van der Waals surface area contributed by atoms with Crippen LogP contribution in [0.15, 0.2) is 24.3 Å². The lowest BCUT2D eigenvalue weighted by atomic mass is 9.76. The largest absolute Gasteiger partial charge is 0.497 e. The number of amides is 2. The molecular weight excluding hydrogens is 348 g/mol. The van der Waals surface area contributed by atoms with Crippen molar-refractivity contribution < 1.29 is 24.2 Å². The summed E-state index contributed by atoms with van der Waals surface area (Å²) < 4.78 is 5.20. The molecule has 0 radical (unpaired) electrons. The number of likely N-dealkylation sites (tertiary alicyclic amines) is 2. The first kappa shape index (κ1) is 19.2. The fourth-order valence-electron chi connectivity index (χ4n) is 4.27. The first-order valence-electron chi connectivity index (χ1n) is 9.24. The topological polar surface area (TPSA) is 87.2 Å². The highest BCUT2D eigenvalue weighted by Crippen LogP contribution is 2.43. The summed E-state index contributed by atoms with van der Waals surface area (Å²) in [5.74, 6) is -0.350. The molecule has 2 heterocycles. The summed E-state index contributed by atoms with van der Waals surface area (Å²) in [5.41, 5.74) is 0.718. The molecule has 0 bridgehead atoms. The fourth-order valence-corrected chi connectivity index (χ4v) is 4.27. The maximum Gasteiger partial charge on any atom is 0.326 e. The Morgan fingerprint density at radius 3 is 2.52 bits per heavy atom. The van der Waals surface area contributed by atoms with Gasteiger partial charge in [0.1, 0.15) is 11.8 Å². The van der Waals surface area contributed by atoms with Gasteiger partial charge in [-0.05, 0) is 42.4 Å². The minimum atomic E-state index is -0.946. The molecule has 7 nitrogen and oxygen atoms in total. The predicted octanol–water partition coefficient (Wildman–Crippen LogP) is 1.55. The molecule has 2 amide bonds. The number of carbonyl (C=O) groups excluding carboxylic acids is 2. The van der Waals surface area contributed by atoms with E-state index in [0.717, 1.165) is 24.2 Å². The van der Waals surface area contributed by atoms with Gasteiger partial charge in [-0.25, -0.2) is 4.79 Å². The summed E-state index contributed by atoms with van der Waals surface area (Å²) in [4.78, 5) is 39.3. The van der Waals surface area contributed by atoms with Gasteiger partial charge in [0.05, 0.1) is 13.5 Å². The summed E-state index contributed by atoms with van der Waals surface area (Å²) >= 11 is 0. The van der Waals surface area contributed by atoms with Crippen molar-refractivity contribution in [2.45, 2.75) is 38.6 Å². The van der Waals surface area contributed by atoms with Crippen molar-refractivity contribution in [1.29, 1.82) is 0 Å². The molecule has 146 valence electrons. The molecule has 7 heteroatoms. The van der Waals surface area contributed by atoms with Crippen LogP contribution in [-0.4, -0.2) is 65.5 Å². The van der Waals surface area contributed by atoms with Gasteiger partial charge in [0, 0.05) is 26.6 Å². The Kier molecular flexibility index (Phi) is 5.39. The van der Waals surface area contributed by atoms with Crippen LogP contribution in [0.3, 0.4) is 0 Å². The van der Waals surface area contributed by atoms with Crippen LogP contribution in [0.5, 0.6) is 5.75 Å². The Morgan fingerprint density at radius 1 is 1.26 bits per heavy atom. The van der Waals surface area contributed by atoms with Gasteiger partial charge in [0.25, 0.3) is 0 Å². The maximum atomic E-state index is 12.6. The van der Waals surface area contributed by atoms with Gasteiger partial charge >= 0.3 is 5.97 Å². The molecule has 0 unspecified atom stereocenters. The van der Waals surface area contributed by atoms with Crippen LogP contribution < -0.4 is 4.74 Å². The fraction of sp³-hybridized carbons (Fsp3) is 0.550. The number of hydrogen-bond donors (Lipinski definition) is 1. The van der Waals surface area contributed by atoms with Gasteiger partial charge in [-0.2, -0.15) is 0 Å². The molecule has 2 fully saturated rings. The number of carbonyl (C=O) groups is 3. The van der Waals surface area contributed by atoms with Crippen molar-refractivity contribution in [3.05, 3.63) is 29.8 Å². The van der Waals surface area contributed by atoms with Gasteiger partial charge < -0.3 is 19.6 Å². The van der Waals surface area contributed by atoms with Crippen LogP contribution in [-0.2, 0) is 20.8 Å². The smallest absolute Gasteiger partial charge is 0.326 e. The quantitative estimate of drug-likeness (QED) is 0.864. The SMILES string of the molecule is COc1cccc(CC(=O)N2CCC3(CC2)C[C@H](C(=O)O)N(C(C)=O)C3)c1. The van der Waals surface area contributed by atoms with Crippen LogP contribution in [0.2, 0.25) is 0 Å². The molecule has 0 aliphatic carbocycles. The van der Waals surface area contributed by atoms with Gasteiger partial charge in [0.2, 0.25) is 11.8 Å². The lowest BCUT2D eigenvalue weighted by Gasteiger charge is -2.39. The van der Waals surface area contributed by atoms with Crippen molar-refractivity contribution in [3.63, 3.8) is 0 Å². The number of hydrogen-bond acceptors (Lipinski definition) is 4. The second kappa shape index (κ2) is 7.58. The van der Waals surface area contributed by atoms with E-state index in [9.17, 15) is 19.5 Å². The average Bonchev–Trinajstić information content (AvgIpc) is 3.02. The number of carboxylic acid groups (broad SMARTS) is 1. The van der Waals surface area contributed by atoms with Crippen LogP contribution in [0.4, 0.5) is 0 Å². The molecule has 2 aliphatic rings. The molecule has 3 rings (SSSR count). The number of piperidine rings is 1. The van der Waals surface area contributed by atoms with Crippen molar-refractivity contribution in [3.8, 4) is 5.75 Å². The third-order valence-electron chi connectivity index (χ3n) is 5.86. The molecular formula is C20H26N2O5. The zero-order valence-corrected chi connectivity index (χ0v) is 15.8. The number of carboxylic acids is 1. The second-order valence-electron chi connectivity index (χ2n) is 7.61. The summed E-state index contributed by atoms with van der Waals surface area (Å²) in [6, 6.07) is 6.74. The van der Waals surface area contributed by atoms with E-state index in [1.54, 1.807) is 7.11 Å². The van der Waals surface area contributed by atoms with E-state index in [1.165, 1.54) is 11.8 Å². The third kappa shape index (κ3) is 4.07. The lowest BCUT2D eigenvalue weighted by Crippen LogP contribution is -2.45. The molecule has 2 saturated heterocycles. The predicted molar refractivity (Wildman–Crippen MR) is 98.4 cm³/mol. The Hall–Kier alpha value is -2.57. The molecule has 0 saturated carbocycles. The number of methoxy groups -OCH3 is 1. The molecule has 0 aromatic heterocycles. The van der Waals surface area contributed by atoms with Crippen molar-refractivity contribution in [2.75, 3.05) is 26.7 Å². The molecule has 1 N–H and O–H groups in total. The Balaban J connectivity index is 1.60. The van der Waals surface area contributed by atoms with Crippen LogP contribution >= 0.6 is 0 Å². The molecule has 1 atom stereocenters. The van der Waals surface area contributed by atoms with Gasteiger partial charge in [-0.15, -0.1) is 0 Å². The third-order valence-corrected chi connectivity index (χ3v) is 5.86. The van der Waals surface area contributed by atoms with Crippen molar-refractivity contribution >= 4 is 17.8 Å². The number of ether oxygens (including phenoxy) is 1. The number of benzene rings is 1. The standard InChI is InChI=1S/C20H26N2O5/c1-14(23)22-13-20(12-17(22)19(25)26)6-8-21(9-7-20)18(24)11-15-4-3-5-16(10-15)27-2/h3-5,10,17H,6-9,11-13H2,1-2H3,(H,25,26)/t17-/m1/s1. The van der Waals surface area contributed by atoms with Gasteiger partial charge in [-0.1, -0.05) is 12.1 Å². The van der Waals surface area contributed by atoms with Crippen molar-refractivity contribution in [2.24, 2.45) is 5.41 Å². The van der Waals surface area contributed by atoms with Gasteiger partial charge in [-0.3, -0.25) is 9.59 Å². The average molecular weight is 374 g/mol. The summed E-state index contributed by atoms with van der Waals surface area (Å²) in [5, 5.41) is 9.42. The minimum absolute atomic E-state index is 0.0642. The highest BCUT2D eigenvalue weighted by Gasteiger charge is 2.49. The zero-order valence-electron chi connectivity index (χ0n) is 15.8. The molecule has 1 aromatic rings. The highest BCUT2D eigenvalue weighted by atomic mass is 16.5. The van der Waals surface area contributed by atoms with E-state index < -0.39 is 12.0 Å². The van der Waals surface area contributed by atoms with E-state index in [4.69, 9.17) is 4.74 Å². The van der Waals surface area contributed by atoms with E-state index >= 15 is 0 Å². The molecule has 27 heavy (non-hydrogen) atoms. The first-order chi connectivity index (χ1) is 12.8. The summed E-state index contributed by atoms with van der Waals surface area (Å²) in [6.07, 6.45) is 2.25. The normalized spacial score (nSPS) is 21.3. The van der Waals surface area contributed by atoms with Crippen LogP contribution in [0, 0.1) is 5.41 Å². The maximum absolute atomic E-state index is 12.6. The number of aliphatic carboxylic acids is 1. The highest BCUT2D eigenvalue weighted by molar-refractivity contribution is 5.83. The molecule has 2 aliphatic heterocycles. The van der Waals surface area contributed by atoms with E-state index in [1.807, 2.05) is 29.2 Å². The monoisotopic (exact) mass is 374 g/mol. The molecule has 1 spiro atoms. The zero-order chi connectivity index (χ0) is 19.6. The summed E-state index contributed by atoms with van der Waals surface area (Å²) in [7, 11) is 1.60. The Morgan fingerprint density at radius 2 is 1.96 bits per heavy atom. The first-order valence-corrected chi connectivity index (χ1v) is 9.24. The minimum Gasteiger partial charge on any atom is -0.497 e. The Labute approximate surface area is 158 Å². The van der Waals surface area contributed by atoms with E-state index in [2.05, 4.69) is 0 Å². The molecule has 1 aromatic carbocycles. The Bertz CT molecular complexity index is 716. The lowest BCUT2D eigenvalue weighted by molar-refractivity contribution is -0.147. The summed E-state index contributed by atoms with van der Waals surface area (Å²) in [6.45, 7) is 3.08. The van der Waals surface area contributed by atoms with Crippen LogP contribution in [0.25, 0.3) is 0 Å². The van der Waals surface area contributed by atoms with Crippen molar-refractivity contribution in [1.82, 2.24) is 9.80 Å². The van der Waals surface area contributed by atoms with Gasteiger partial charge in [0.15, 0.2) is 0 Å².